The number of halogens is 1. The van der Waals surface area contributed by atoms with Crippen LogP contribution in [0.1, 0.15) is 16.3 Å². The zero-order chi connectivity index (χ0) is 12.6. The molecule has 0 bridgehead atoms. The monoisotopic (exact) mass is 254 g/mol. The second kappa shape index (κ2) is 4.06. The van der Waals surface area contributed by atoms with Gasteiger partial charge < -0.3 is 10.2 Å². The maximum absolute atomic E-state index is 11.0. The molecular weight excluding hydrogens is 248 g/mol. The molecule has 0 aliphatic heterocycles. The van der Waals surface area contributed by atoms with Crippen molar-refractivity contribution >= 4 is 29.1 Å². The summed E-state index contributed by atoms with van der Waals surface area (Å²) in [4.78, 5) is 25.4. The van der Waals surface area contributed by atoms with Crippen molar-refractivity contribution in [2.75, 3.05) is 0 Å². The second-order valence-electron chi connectivity index (χ2n) is 3.32. The van der Waals surface area contributed by atoms with E-state index < -0.39 is 18.4 Å². The molecule has 2 rings (SSSR count). The largest absolute Gasteiger partial charge is 0.481 e. The molecule has 2 aromatic heterocycles. The minimum absolute atomic E-state index is 0.0931. The normalized spacial score (nSPS) is 10.6. The highest BCUT2D eigenvalue weighted by atomic mass is 35.5. The van der Waals surface area contributed by atoms with Crippen LogP contribution in [0.15, 0.2) is 18.2 Å². The van der Waals surface area contributed by atoms with E-state index in [0.29, 0.717) is 0 Å². The Morgan fingerprint density at radius 3 is 2.65 bits per heavy atom. The number of hydrogen-bond acceptors (Lipinski definition) is 3. The van der Waals surface area contributed by atoms with E-state index in [0.717, 1.165) is 0 Å². The average Bonchev–Trinajstić information content (AvgIpc) is 2.57. The number of hydrogen-bond donors (Lipinski definition) is 2. The van der Waals surface area contributed by atoms with Crippen LogP contribution in [0, 0.1) is 0 Å². The Kier molecular flexibility index (Phi) is 2.72. The Hall–Kier alpha value is -2.08. The van der Waals surface area contributed by atoms with Crippen LogP contribution in [0.4, 0.5) is 0 Å². The van der Waals surface area contributed by atoms with E-state index in [9.17, 15) is 9.59 Å². The third kappa shape index (κ3) is 1.94. The van der Waals surface area contributed by atoms with Gasteiger partial charge in [-0.25, -0.2) is 9.78 Å². The number of aromatic carboxylic acids is 1. The first-order chi connectivity index (χ1) is 8.00. The maximum atomic E-state index is 11.0. The van der Waals surface area contributed by atoms with Crippen molar-refractivity contribution < 1.29 is 19.8 Å². The van der Waals surface area contributed by atoms with Gasteiger partial charge in [0.25, 0.3) is 0 Å². The van der Waals surface area contributed by atoms with E-state index in [4.69, 9.17) is 21.8 Å². The number of carboxylic acids is 2. The Balaban J connectivity index is 2.75. The van der Waals surface area contributed by atoms with Gasteiger partial charge in [0.15, 0.2) is 5.69 Å². The Bertz CT molecular complexity index is 620. The van der Waals surface area contributed by atoms with Crippen LogP contribution in [0.2, 0.25) is 5.15 Å². The summed E-state index contributed by atoms with van der Waals surface area (Å²) in [5, 5.41) is 17.9. The predicted molar refractivity (Wildman–Crippen MR) is 58.5 cm³/mol. The summed E-state index contributed by atoms with van der Waals surface area (Å²) in [6.07, 6.45) is -0.391. The molecule has 0 saturated carbocycles. The molecule has 0 unspecified atom stereocenters. The van der Waals surface area contributed by atoms with Crippen molar-refractivity contribution in [3.8, 4) is 0 Å². The lowest BCUT2D eigenvalue weighted by atomic mass is 10.3. The standard InChI is InChI=1S/C10H7ClN2O4/c11-6-3-1-2-5-9(10(16)17)12-7(13(5)6)4-8(14)15/h1-3H,4H2,(H,14,15)(H,16,17). The van der Waals surface area contributed by atoms with E-state index in [1.807, 2.05) is 0 Å². The molecule has 0 aliphatic carbocycles. The first-order valence-electron chi connectivity index (χ1n) is 4.61. The number of rotatable bonds is 3. The Morgan fingerprint density at radius 2 is 2.06 bits per heavy atom. The van der Waals surface area contributed by atoms with Gasteiger partial charge >= 0.3 is 11.9 Å². The van der Waals surface area contributed by atoms with Crippen LogP contribution in [-0.2, 0) is 11.2 Å². The predicted octanol–water partition coefficient (Wildman–Crippen LogP) is 1.31. The number of carboxylic acid groups (broad SMARTS) is 2. The number of aliphatic carboxylic acids is 1. The molecule has 0 spiro atoms. The molecule has 2 N–H and O–H groups in total. The molecule has 0 aromatic carbocycles. The fraction of sp³-hybridized carbons (Fsp3) is 0.100. The molecule has 2 heterocycles. The first kappa shape index (κ1) is 11.4. The third-order valence-electron chi connectivity index (χ3n) is 2.20. The fourth-order valence-electron chi connectivity index (χ4n) is 1.58. The SMILES string of the molecule is O=C(O)Cc1nc(C(=O)O)c2cccc(Cl)n12. The van der Waals surface area contributed by atoms with Gasteiger partial charge in [-0.3, -0.25) is 9.20 Å². The number of aromatic nitrogens is 2. The summed E-state index contributed by atoms with van der Waals surface area (Å²) in [5.74, 6) is -2.23. The van der Waals surface area contributed by atoms with Gasteiger partial charge in [0.05, 0.1) is 5.52 Å². The quantitative estimate of drug-likeness (QED) is 0.806. The van der Waals surface area contributed by atoms with Gasteiger partial charge in [0.2, 0.25) is 0 Å². The molecule has 2 aromatic rings. The Morgan fingerprint density at radius 1 is 1.35 bits per heavy atom. The molecule has 0 amide bonds. The van der Waals surface area contributed by atoms with Crippen molar-refractivity contribution in [3.05, 3.63) is 34.9 Å². The van der Waals surface area contributed by atoms with Crippen molar-refractivity contribution in [2.24, 2.45) is 0 Å². The molecule has 0 atom stereocenters. The van der Waals surface area contributed by atoms with Crippen LogP contribution in [0.3, 0.4) is 0 Å². The van der Waals surface area contributed by atoms with Crippen molar-refractivity contribution in [1.29, 1.82) is 0 Å². The minimum atomic E-state index is -1.22. The van der Waals surface area contributed by atoms with E-state index in [2.05, 4.69) is 4.98 Å². The lowest BCUT2D eigenvalue weighted by Gasteiger charge is -2.00. The van der Waals surface area contributed by atoms with Crippen molar-refractivity contribution in [2.45, 2.75) is 6.42 Å². The minimum Gasteiger partial charge on any atom is -0.481 e. The molecule has 0 fully saturated rings. The zero-order valence-electron chi connectivity index (χ0n) is 8.42. The van der Waals surface area contributed by atoms with Crippen molar-refractivity contribution in [1.82, 2.24) is 9.38 Å². The smallest absolute Gasteiger partial charge is 0.356 e. The zero-order valence-corrected chi connectivity index (χ0v) is 9.18. The van der Waals surface area contributed by atoms with Crippen molar-refractivity contribution in [3.63, 3.8) is 0 Å². The van der Waals surface area contributed by atoms with E-state index >= 15 is 0 Å². The highest BCUT2D eigenvalue weighted by Gasteiger charge is 2.19. The molecule has 88 valence electrons. The first-order valence-corrected chi connectivity index (χ1v) is 4.99. The highest BCUT2D eigenvalue weighted by molar-refractivity contribution is 6.30. The third-order valence-corrected chi connectivity index (χ3v) is 2.49. The molecule has 17 heavy (non-hydrogen) atoms. The summed E-state index contributed by atoms with van der Waals surface area (Å²) in [6, 6.07) is 4.64. The summed E-state index contributed by atoms with van der Waals surface area (Å²) in [7, 11) is 0. The summed E-state index contributed by atoms with van der Waals surface area (Å²) >= 11 is 5.90. The molecule has 7 heteroatoms. The van der Waals surface area contributed by atoms with Gasteiger partial charge in [-0.15, -0.1) is 0 Å². The highest BCUT2D eigenvalue weighted by Crippen LogP contribution is 2.19. The molecular formula is C10H7ClN2O4. The molecule has 0 aliphatic rings. The number of imidazole rings is 1. The fourth-order valence-corrected chi connectivity index (χ4v) is 1.84. The topological polar surface area (TPSA) is 91.9 Å². The lowest BCUT2D eigenvalue weighted by Crippen LogP contribution is -2.05. The van der Waals surface area contributed by atoms with Crippen LogP contribution < -0.4 is 0 Å². The van der Waals surface area contributed by atoms with E-state index in [1.165, 1.54) is 16.5 Å². The number of nitrogens with zero attached hydrogens (tertiary/aromatic N) is 2. The van der Waals surface area contributed by atoms with Crippen LogP contribution in [0.5, 0.6) is 0 Å². The van der Waals surface area contributed by atoms with E-state index in [-0.39, 0.29) is 22.2 Å². The van der Waals surface area contributed by atoms with Gasteiger partial charge in [0, 0.05) is 0 Å². The van der Waals surface area contributed by atoms with Crippen LogP contribution >= 0.6 is 11.6 Å². The van der Waals surface area contributed by atoms with E-state index in [1.54, 1.807) is 6.07 Å². The average molecular weight is 255 g/mol. The van der Waals surface area contributed by atoms with Gasteiger partial charge in [-0.2, -0.15) is 0 Å². The van der Waals surface area contributed by atoms with Crippen LogP contribution in [-0.4, -0.2) is 31.5 Å². The van der Waals surface area contributed by atoms with Gasteiger partial charge in [-0.1, -0.05) is 17.7 Å². The Labute approximate surface area is 100 Å². The lowest BCUT2D eigenvalue weighted by molar-refractivity contribution is -0.136. The number of carbonyl (C=O) groups is 2. The molecule has 0 saturated heterocycles. The second-order valence-corrected chi connectivity index (χ2v) is 3.71. The number of fused-ring (bicyclic) bond motifs is 1. The summed E-state index contributed by atoms with van der Waals surface area (Å²) < 4.78 is 1.32. The van der Waals surface area contributed by atoms with Gasteiger partial charge in [-0.05, 0) is 12.1 Å². The molecule has 6 nitrogen and oxygen atoms in total. The number of pyridine rings is 1. The van der Waals surface area contributed by atoms with Crippen LogP contribution in [0.25, 0.3) is 5.52 Å². The summed E-state index contributed by atoms with van der Waals surface area (Å²) in [5.41, 5.74) is 0.0741. The van der Waals surface area contributed by atoms with Gasteiger partial charge in [0.1, 0.15) is 17.4 Å². The maximum Gasteiger partial charge on any atom is 0.356 e. The summed E-state index contributed by atoms with van der Waals surface area (Å²) in [6.45, 7) is 0. The molecule has 0 radical (unpaired) electrons.